The highest BCUT2D eigenvalue weighted by molar-refractivity contribution is 7.99. The first kappa shape index (κ1) is 24.5. The van der Waals surface area contributed by atoms with E-state index in [4.69, 9.17) is 4.74 Å². The maximum atomic E-state index is 12.9. The molecule has 1 unspecified atom stereocenters. The number of thiophene rings is 2. The van der Waals surface area contributed by atoms with Gasteiger partial charge in [0, 0.05) is 27.2 Å². The molecule has 0 aliphatic heterocycles. The van der Waals surface area contributed by atoms with Crippen LogP contribution in [0, 0.1) is 5.92 Å². The van der Waals surface area contributed by atoms with E-state index < -0.39 is 0 Å². The predicted molar refractivity (Wildman–Crippen MR) is 142 cm³/mol. The number of esters is 1. The highest BCUT2D eigenvalue weighted by Crippen LogP contribution is 2.40. The average Bonchev–Trinajstić information content (AvgIpc) is 3.55. The molecule has 1 N–H and O–H groups in total. The monoisotopic (exact) mass is 530 g/mol. The van der Waals surface area contributed by atoms with Crippen LogP contribution in [-0.4, -0.2) is 39.5 Å². The highest BCUT2D eigenvalue weighted by Gasteiger charge is 2.28. The molecule has 7 nitrogen and oxygen atoms in total. The average molecular weight is 531 g/mol. The number of fused-ring (bicyclic) bond motifs is 2. The number of carbonyl (C=O) groups excluding carboxylic acids is 2. The molecule has 3 aromatic heterocycles. The third-order valence-electron chi connectivity index (χ3n) is 6.82. The summed E-state index contributed by atoms with van der Waals surface area (Å²) < 4.78 is 7.12. The lowest BCUT2D eigenvalue weighted by Crippen LogP contribution is -2.17. The van der Waals surface area contributed by atoms with Gasteiger partial charge in [-0.25, -0.2) is 4.79 Å². The van der Waals surface area contributed by atoms with Crippen LogP contribution in [0.3, 0.4) is 0 Å². The van der Waals surface area contributed by atoms with Crippen LogP contribution in [0.1, 0.15) is 64.3 Å². The molecular formula is C25H30N4O3S3. The summed E-state index contributed by atoms with van der Waals surface area (Å²) >= 11 is 4.71. The summed E-state index contributed by atoms with van der Waals surface area (Å²) in [6.45, 7) is 5.13. The molecule has 0 saturated carbocycles. The van der Waals surface area contributed by atoms with Gasteiger partial charge in [0.25, 0.3) is 0 Å². The second-order valence-corrected chi connectivity index (χ2v) is 12.2. The fourth-order valence-corrected chi connectivity index (χ4v) is 8.35. The van der Waals surface area contributed by atoms with Crippen molar-refractivity contribution in [2.45, 2.75) is 70.5 Å². The quantitative estimate of drug-likeness (QED) is 0.316. The first-order valence-corrected chi connectivity index (χ1v) is 14.9. The Bertz CT molecular complexity index is 1260. The zero-order chi connectivity index (χ0) is 24.5. The van der Waals surface area contributed by atoms with Gasteiger partial charge in [0.1, 0.15) is 5.00 Å². The molecule has 10 heteroatoms. The Morgan fingerprint density at radius 2 is 2.03 bits per heavy atom. The fraction of sp³-hybridized carbons (Fsp3) is 0.520. The number of aryl methyl sites for hydroxylation is 1. The Labute approximate surface area is 217 Å². The normalized spacial score (nSPS) is 17.1. The van der Waals surface area contributed by atoms with Gasteiger partial charge in [-0.3, -0.25) is 4.79 Å². The second kappa shape index (κ2) is 10.4. The van der Waals surface area contributed by atoms with Crippen LogP contribution in [-0.2, 0) is 41.8 Å². The van der Waals surface area contributed by atoms with Gasteiger partial charge in [-0.05, 0) is 68.9 Å². The number of anilines is 1. The Hall–Kier alpha value is -2.17. The third kappa shape index (κ3) is 4.80. The lowest BCUT2D eigenvalue weighted by atomic mass is 9.88. The molecule has 0 spiro atoms. The Morgan fingerprint density at radius 1 is 1.20 bits per heavy atom. The van der Waals surface area contributed by atoms with Crippen molar-refractivity contribution >= 4 is 51.3 Å². The van der Waals surface area contributed by atoms with Crippen LogP contribution >= 0.6 is 34.4 Å². The van der Waals surface area contributed by atoms with Gasteiger partial charge in [0.15, 0.2) is 11.0 Å². The number of hydrogen-bond donors (Lipinski definition) is 1. The van der Waals surface area contributed by atoms with Gasteiger partial charge in [-0.1, -0.05) is 18.7 Å². The van der Waals surface area contributed by atoms with Crippen molar-refractivity contribution in [3.05, 3.63) is 31.8 Å². The van der Waals surface area contributed by atoms with Gasteiger partial charge >= 0.3 is 5.97 Å². The summed E-state index contributed by atoms with van der Waals surface area (Å²) in [6, 6.07) is 0. The molecule has 0 fully saturated rings. The molecule has 1 atom stereocenters. The summed E-state index contributed by atoms with van der Waals surface area (Å²) in [6.07, 6.45) is 7.40. The molecule has 3 heterocycles. The molecule has 35 heavy (non-hydrogen) atoms. The number of methoxy groups -OCH3 is 1. The van der Waals surface area contributed by atoms with Crippen LogP contribution in [0.5, 0.6) is 0 Å². The molecule has 1 amide bonds. The molecule has 186 valence electrons. The second-order valence-electron chi connectivity index (χ2n) is 9.19. The number of carbonyl (C=O) groups is 2. The molecule has 2 aliphatic rings. The summed E-state index contributed by atoms with van der Waals surface area (Å²) in [5, 5.41) is 15.5. The first-order chi connectivity index (χ1) is 17.0. The Morgan fingerprint density at radius 3 is 2.83 bits per heavy atom. The van der Waals surface area contributed by atoms with Crippen molar-refractivity contribution in [3.8, 4) is 11.4 Å². The minimum Gasteiger partial charge on any atom is -0.465 e. The van der Waals surface area contributed by atoms with Crippen LogP contribution in [0.2, 0.25) is 0 Å². The maximum Gasteiger partial charge on any atom is 0.341 e. The molecule has 0 aromatic carbocycles. The Kier molecular flexibility index (Phi) is 7.31. The van der Waals surface area contributed by atoms with E-state index in [1.54, 1.807) is 0 Å². The van der Waals surface area contributed by atoms with Gasteiger partial charge in [0.05, 0.1) is 18.4 Å². The lowest BCUT2D eigenvalue weighted by Gasteiger charge is -2.19. The van der Waals surface area contributed by atoms with E-state index in [-0.39, 0.29) is 17.6 Å². The number of nitrogens with zero attached hydrogens (tertiary/aromatic N) is 3. The maximum absolute atomic E-state index is 12.9. The summed E-state index contributed by atoms with van der Waals surface area (Å²) in [5.41, 5.74) is 4.18. The zero-order valence-corrected chi connectivity index (χ0v) is 22.8. The van der Waals surface area contributed by atoms with E-state index in [0.717, 1.165) is 67.5 Å². The standard InChI is InChI=1S/C25H30N4O3S3/c1-4-29-22(17-12-33-19-11-14(2)9-10-15(17)19)27-28-25(29)34-13-20(30)26-23-21(24(31)32-3)16-7-5-6-8-18(16)35-23/h12,14H,4-11,13H2,1-3H3,(H,26,30). The smallest absolute Gasteiger partial charge is 0.341 e. The number of aromatic nitrogens is 3. The minimum atomic E-state index is -0.379. The van der Waals surface area contributed by atoms with Gasteiger partial charge in [-0.15, -0.1) is 32.9 Å². The first-order valence-electron chi connectivity index (χ1n) is 12.2. The SMILES string of the molecule is CCn1c(SCC(=O)Nc2sc3c(c2C(=O)OC)CCCC3)nnc1-c1csc2c1CCC(C)C2. The van der Waals surface area contributed by atoms with E-state index in [0.29, 0.717) is 10.6 Å². The number of thioether (sulfide) groups is 1. The number of nitrogens with one attached hydrogen (secondary N) is 1. The van der Waals surface area contributed by atoms with Crippen molar-refractivity contribution in [2.24, 2.45) is 5.92 Å². The van der Waals surface area contributed by atoms with E-state index in [2.05, 4.69) is 39.3 Å². The predicted octanol–water partition coefficient (Wildman–Crippen LogP) is 5.61. The molecule has 0 bridgehead atoms. The largest absolute Gasteiger partial charge is 0.465 e. The molecule has 0 saturated heterocycles. The lowest BCUT2D eigenvalue weighted by molar-refractivity contribution is -0.113. The van der Waals surface area contributed by atoms with Crippen molar-refractivity contribution in [3.63, 3.8) is 0 Å². The summed E-state index contributed by atoms with van der Waals surface area (Å²) in [4.78, 5) is 28.0. The van der Waals surface area contributed by atoms with Gasteiger partial charge < -0.3 is 14.6 Å². The number of amides is 1. The van der Waals surface area contributed by atoms with E-state index in [9.17, 15) is 9.59 Å². The van der Waals surface area contributed by atoms with Crippen molar-refractivity contribution < 1.29 is 14.3 Å². The number of hydrogen-bond acceptors (Lipinski definition) is 8. The van der Waals surface area contributed by atoms with Crippen LogP contribution in [0.15, 0.2) is 10.5 Å². The molecule has 5 rings (SSSR count). The van der Waals surface area contributed by atoms with Crippen molar-refractivity contribution in [1.29, 1.82) is 0 Å². The van der Waals surface area contributed by atoms with Crippen LogP contribution < -0.4 is 5.32 Å². The Balaban J connectivity index is 1.31. The van der Waals surface area contributed by atoms with Crippen molar-refractivity contribution in [2.75, 3.05) is 18.2 Å². The van der Waals surface area contributed by atoms with Gasteiger partial charge in [0.2, 0.25) is 5.91 Å². The molecule has 3 aromatic rings. The van der Waals surface area contributed by atoms with Crippen LogP contribution in [0.25, 0.3) is 11.4 Å². The summed E-state index contributed by atoms with van der Waals surface area (Å²) in [7, 11) is 1.39. The van der Waals surface area contributed by atoms with E-state index in [1.807, 2.05) is 11.3 Å². The molecule has 0 radical (unpaired) electrons. The molecule has 2 aliphatic carbocycles. The van der Waals surface area contributed by atoms with Gasteiger partial charge in [-0.2, -0.15) is 0 Å². The van der Waals surface area contributed by atoms with Crippen molar-refractivity contribution in [1.82, 2.24) is 14.8 Å². The van der Waals surface area contributed by atoms with E-state index >= 15 is 0 Å². The zero-order valence-electron chi connectivity index (χ0n) is 20.3. The summed E-state index contributed by atoms with van der Waals surface area (Å²) in [5.74, 6) is 1.28. The third-order valence-corrected chi connectivity index (χ3v) is 10.0. The number of ether oxygens (including phenoxy) is 1. The number of rotatable bonds is 7. The minimum absolute atomic E-state index is 0.159. The fourth-order valence-electron chi connectivity index (χ4n) is 5.01. The topological polar surface area (TPSA) is 86.1 Å². The highest BCUT2D eigenvalue weighted by atomic mass is 32.2. The van der Waals surface area contributed by atoms with E-state index in [1.165, 1.54) is 57.5 Å². The van der Waals surface area contributed by atoms with Crippen LogP contribution in [0.4, 0.5) is 5.00 Å². The molecular weight excluding hydrogens is 501 g/mol.